The van der Waals surface area contributed by atoms with Crippen LogP contribution in [-0.2, 0) is 10.0 Å². The third kappa shape index (κ3) is 4.96. The summed E-state index contributed by atoms with van der Waals surface area (Å²) in [7, 11) is -0.299. The highest BCUT2D eigenvalue weighted by Crippen LogP contribution is 2.22. The van der Waals surface area contributed by atoms with Gasteiger partial charge in [0.25, 0.3) is 10.0 Å². The van der Waals surface area contributed by atoms with Gasteiger partial charge in [0.1, 0.15) is 17.5 Å². The van der Waals surface area contributed by atoms with Crippen LogP contribution in [0.2, 0.25) is 0 Å². The van der Waals surface area contributed by atoms with Gasteiger partial charge >= 0.3 is 0 Å². The van der Waals surface area contributed by atoms with Crippen LogP contribution in [-0.4, -0.2) is 32.5 Å². The molecule has 1 heterocycles. The highest BCUT2D eigenvalue weighted by atomic mass is 32.2. The van der Waals surface area contributed by atoms with Gasteiger partial charge in [0, 0.05) is 31.5 Å². The van der Waals surface area contributed by atoms with E-state index in [2.05, 4.69) is 20.0 Å². The fourth-order valence-corrected chi connectivity index (χ4v) is 3.54. The molecule has 0 aliphatic rings. The number of sulfonamides is 1. The zero-order chi connectivity index (χ0) is 21.2. The average molecular weight is 419 g/mol. The van der Waals surface area contributed by atoms with E-state index in [1.165, 1.54) is 0 Å². The van der Waals surface area contributed by atoms with E-state index in [1.807, 2.05) is 19.0 Å². The first-order valence-corrected chi connectivity index (χ1v) is 10.0. The monoisotopic (exact) mass is 419 g/mol. The van der Waals surface area contributed by atoms with Crippen molar-refractivity contribution in [3.05, 3.63) is 66.0 Å². The van der Waals surface area contributed by atoms with Crippen molar-refractivity contribution in [1.29, 1.82) is 0 Å². The van der Waals surface area contributed by atoms with Crippen molar-refractivity contribution in [2.45, 2.75) is 11.8 Å². The van der Waals surface area contributed by atoms with Crippen molar-refractivity contribution < 1.29 is 17.2 Å². The Morgan fingerprint density at radius 3 is 2.17 bits per heavy atom. The lowest BCUT2D eigenvalue weighted by atomic mass is 10.3. The van der Waals surface area contributed by atoms with Gasteiger partial charge in [-0.2, -0.15) is 0 Å². The highest BCUT2D eigenvalue weighted by molar-refractivity contribution is 7.92. The van der Waals surface area contributed by atoms with E-state index in [1.54, 1.807) is 37.3 Å². The number of nitrogens with one attached hydrogen (secondary N) is 2. The molecule has 0 spiro atoms. The Labute approximate surface area is 167 Å². The molecule has 0 atom stereocenters. The lowest BCUT2D eigenvalue weighted by molar-refractivity contribution is 0.504. The summed E-state index contributed by atoms with van der Waals surface area (Å²) in [6, 6.07) is 10.6. The first kappa shape index (κ1) is 20.5. The van der Waals surface area contributed by atoms with Crippen molar-refractivity contribution in [2.24, 2.45) is 0 Å². The summed E-state index contributed by atoms with van der Waals surface area (Å²) in [6.07, 6.45) is 0. The summed E-state index contributed by atoms with van der Waals surface area (Å²) in [5.41, 5.74) is 0.955. The molecule has 10 heteroatoms. The molecule has 0 radical (unpaired) electrons. The number of nitrogens with zero attached hydrogens (tertiary/aromatic N) is 3. The van der Waals surface area contributed by atoms with Gasteiger partial charge in [-0.1, -0.05) is 0 Å². The minimum absolute atomic E-state index is 0.271. The SMILES string of the molecule is Cc1nc(Nc2ccc(NS(=O)(=O)c3ccc(F)c(F)c3)cc2)cc(N(C)C)n1. The third-order valence-electron chi connectivity index (χ3n) is 3.89. The summed E-state index contributed by atoms with van der Waals surface area (Å²) in [6.45, 7) is 1.79. The molecule has 3 aromatic rings. The Hall–Kier alpha value is -3.27. The lowest BCUT2D eigenvalue weighted by Crippen LogP contribution is -2.13. The second kappa shape index (κ2) is 8.00. The van der Waals surface area contributed by atoms with Gasteiger partial charge in [0.05, 0.1) is 4.90 Å². The van der Waals surface area contributed by atoms with Gasteiger partial charge in [0.15, 0.2) is 11.6 Å². The van der Waals surface area contributed by atoms with E-state index in [-0.39, 0.29) is 10.6 Å². The zero-order valence-electron chi connectivity index (χ0n) is 15.9. The fourth-order valence-electron chi connectivity index (χ4n) is 2.47. The predicted octanol–water partition coefficient (Wildman–Crippen LogP) is 3.67. The molecule has 29 heavy (non-hydrogen) atoms. The number of aryl methyl sites for hydroxylation is 1. The summed E-state index contributed by atoms with van der Waals surface area (Å²) in [4.78, 5) is 10.1. The lowest BCUT2D eigenvalue weighted by Gasteiger charge is -2.14. The van der Waals surface area contributed by atoms with Crippen molar-refractivity contribution in [1.82, 2.24) is 9.97 Å². The first-order chi connectivity index (χ1) is 13.6. The summed E-state index contributed by atoms with van der Waals surface area (Å²) in [5, 5.41) is 3.13. The smallest absolute Gasteiger partial charge is 0.261 e. The van der Waals surface area contributed by atoms with Crippen molar-refractivity contribution in [3.8, 4) is 0 Å². The average Bonchev–Trinajstić information content (AvgIpc) is 2.64. The van der Waals surface area contributed by atoms with E-state index in [4.69, 9.17) is 0 Å². The molecule has 1 aromatic heterocycles. The molecule has 152 valence electrons. The summed E-state index contributed by atoms with van der Waals surface area (Å²) >= 11 is 0. The molecule has 7 nitrogen and oxygen atoms in total. The molecule has 0 saturated heterocycles. The van der Waals surface area contributed by atoms with Crippen molar-refractivity contribution >= 4 is 33.0 Å². The van der Waals surface area contributed by atoms with Crippen LogP contribution in [0.3, 0.4) is 0 Å². The van der Waals surface area contributed by atoms with Gasteiger partial charge in [0.2, 0.25) is 0 Å². The molecule has 0 bridgehead atoms. The van der Waals surface area contributed by atoms with E-state index < -0.39 is 21.7 Å². The second-order valence-electron chi connectivity index (χ2n) is 6.44. The highest BCUT2D eigenvalue weighted by Gasteiger charge is 2.16. The number of halogens is 2. The Bertz CT molecular complexity index is 1140. The first-order valence-electron chi connectivity index (χ1n) is 8.52. The van der Waals surface area contributed by atoms with Gasteiger partial charge in [-0.15, -0.1) is 0 Å². The maximum Gasteiger partial charge on any atom is 0.261 e. The zero-order valence-corrected chi connectivity index (χ0v) is 16.8. The summed E-state index contributed by atoms with van der Waals surface area (Å²) < 4.78 is 53.4. The molecule has 0 unspecified atom stereocenters. The quantitative estimate of drug-likeness (QED) is 0.634. The van der Waals surface area contributed by atoms with Crippen LogP contribution < -0.4 is 14.9 Å². The number of hydrogen-bond donors (Lipinski definition) is 2. The van der Waals surface area contributed by atoms with Crippen LogP contribution in [0, 0.1) is 18.6 Å². The van der Waals surface area contributed by atoms with Gasteiger partial charge in [-0.05, 0) is 49.4 Å². The predicted molar refractivity (Wildman–Crippen MR) is 108 cm³/mol. The van der Waals surface area contributed by atoms with E-state index in [0.29, 0.717) is 23.4 Å². The van der Waals surface area contributed by atoms with Crippen molar-refractivity contribution in [2.75, 3.05) is 29.0 Å². The molecule has 3 rings (SSSR count). The van der Waals surface area contributed by atoms with Crippen LogP contribution >= 0.6 is 0 Å². The maximum absolute atomic E-state index is 13.3. The standard InChI is InChI=1S/C19H19F2N5O2S/c1-12-22-18(11-19(23-12)26(2)3)24-13-4-6-14(7-5-13)25-29(27,28)15-8-9-16(20)17(21)10-15/h4-11,25H,1-3H3,(H,22,23,24). The Morgan fingerprint density at radius 2 is 1.55 bits per heavy atom. The van der Waals surface area contributed by atoms with Crippen LogP contribution in [0.25, 0.3) is 0 Å². The number of anilines is 4. The Morgan fingerprint density at radius 1 is 0.897 bits per heavy atom. The minimum Gasteiger partial charge on any atom is -0.363 e. The van der Waals surface area contributed by atoms with Gasteiger partial charge < -0.3 is 10.2 Å². The normalized spacial score (nSPS) is 11.2. The molecular weight excluding hydrogens is 400 g/mol. The third-order valence-corrected chi connectivity index (χ3v) is 5.27. The van der Waals surface area contributed by atoms with Gasteiger partial charge in [-0.3, -0.25) is 4.72 Å². The Balaban J connectivity index is 1.76. The Kier molecular flexibility index (Phi) is 5.64. The molecule has 0 amide bonds. The molecule has 0 aliphatic heterocycles. The fraction of sp³-hybridized carbons (Fsp3) is 0.158. The topological polar surface area (TPSA) is 87.2 Å². The molecular formula is C19H19F2N5O2S. The molecule has 2 N–H and O–H groups in total. The molecule has 2 aromatic carbocycles. The second-order valence-corrected chi connectivity index (χ2v) is 8.12. The van der Waals surface area contributed by atoms with E-state index >= 15 is 0 Å². The molecule has 0 fully saturated rings. The van der Waals surface area contributed by atoms with E-state index in [0.717, 1.165) is 18.0 Å². The van der Waals surface area contributed by atoms with Crippen molar-refractivity contribution in [3.63, 3.8) is 0 Å². The van der Waals surface area contributed by atoms with Crippen LogP contribution in [0.1, 0.15) is 5.82 Å². The molecule has 0 aliphatic carbocycles. The van der Waals surface area contributed by atoms with Crippen LogP contribution in [0.15, 0.2) is 53.4 Å². The molecule has 0 saturated carbocycles. The number of rotatable bonds is 6. The van der Waals surface area contributed by atoms with Crippen LogP contribution in [0.4, 0.5) is 31.8 Å². The van der Waals surface area contributed by atoms with Gasteiger partial charge in [-0.25, -0.2) is 27.2 Å². The number of hydrogen-bond acceptors (Lipinski definition) is 6. The minimum atomic E-state index is -4.05. The largest absolute Gasteiger partial charge is 0.363 e. The number of benzene rings is 2. The number of aromatic nitrogens is 2. The van der Waals surface area contributed by atoms with E-state index in [9.17, 15) is 17.2 Å². The summed E-state index contributed by atoms with van der Waals surface area (Å²) in [5.74, 6) is -0.400. The maximum atomic E-state index is 13.3. The van der Waals surface area contributed by atoms with Crippen LogP contribution in [0.5, 0.6) is 0 Å².